The Bertz CT molecular complexity index is 717. The summed E-state index contributed by atoms with van der Waals surface area (Å²) in [5, 5.41) is 3.69. The number of carbonyl (C=O) groups excluding carboxylic acids is 1. The zero-order valence-corrected chi connectivity index (χ0v) is 16.9. The summed E-state index contributed by atoms with van der Waals surface area (Å²) < 4.78 is 5.81. The van der Waals surface area contributed by atoms with Crippen LogP contribution in [0.5, 0.6) is 5.75 Å². The van der Waals surface area contributed by atoms with E-state index in [-0.39, 0.29) is 17.4 Å². The standard InChI is InChI=1S/C22H28ClNO2/c1-6-20(26-19-13-11-18(23)12-14-19)21(25)24-15(2)16-7-9-17(10-8-16)22(3,4)5/h7-15,20H,6H2,1-5H3,(H,24,25). The number of benzene rings is 2. The second-order valence-corrected chi connectivity index (χ2v) is 8.01. The summed E-state index contributed by atoms with van der Waals surface area (Å²) in [6.45, 7) is 10.5. The van der Waals surface area contributed by atoms with Crippen LogP contribution in [0.25, 0.3) is 0 Å². The maximum Gasteiger partial charge on any atom is 0.261 e. The van der Waals surface area contributed by atoms with Gasteiger partial charge in [0.15, 0.2) is 6.10 Å². The average molecular weight is 374 g/mol. The first-order valence-electron chi connectivity index (χ1n) is 9.03. The maximum atomic E-state index is 12.6. The van der Waals surface area contributed by atoms with Crippen molar-refractivity contribution in [3.05, 3.63) is 64.7 Å². The van der Waals surface area contributed by atoms with Gasteiger partial charge in [-0.15, -0.1) is 0 Å². The van der Waals surface area contributed by atoms with E-state index in [0.29, 0.717) is 17.2 Å². The lowest BCUT2D eigenvalue weighted by Crippen LogP contribution is -2.39. The molecule has 0 fully saturated rings. The molecule has 140 valence electrons. The molecule has 1 amide bonds. The second kappa shape index (κ2) is 8.59. The molecule has 0 aromatic heterocycles. The predicted molar refractivity (Wildman–Crippen MR) is 108 cm³/mol. The zero-order chi connectivity index (χ0) is 19.3. The molecule has 0 saturated carbocycles. The molecule has 0 aliphatic heterocycles. The van der Waals surface area contributed by atoms with Crippen molar-refractivity contribution in [1.29, 1.82) is 0 Å². The van der Waals surface area contributed by atoms with Gasteiger partial charge in [0.1, 0.15) is 5.75 Å². The van der Waals surface area contributed by atoms with Crippen LogP contribution >= 0.6 is 11.6 Å². The van der Waals surface area contributed by atoms with Crippen molar-refractivity contribution in [1.82, 2.24) is 5.32 Å². The molecule has 4 heteroatoms. The van der Waals surface area contributed by atoms with Gasteiger partial charge in [-0.1, -0.05) is 63.6 Å². The third-order valence-electron chi connectivity index (χ3n) is 4.39. The number of halogens is 1. The van der Waals surface area contributed by atoms with Crippen molar-refractivity contribution < 1.29 is 9.53 Å². The molecule has 2 atom stereocenters. The van der Waals surface area contributed by atoms with E-state index in [9.17, 15) is 4.79 Å². The number of rotatable bonds is 6. The molecular formula is C22H28ClNO2. The Balaban J connectivity index is 2.00. The average Bonchev–Trinajstić information content (AvgIpc) is 2.60. The third-order valence-corrected chi connectivity index (χ3v) is 4.64. The first kappa shape index (κ1) is 20.3. The highest BCUT2D eigenvalue weighted by molar-refractivity contribution is 6.30. The number of hydrogen-bond donors (Lipinski definition) is 1. The smallest absolute Gasteiger partial charge is 0.261 e. The molecule has 2 aromatic rings. The summed E-state index contributed by atoms with van der Waals surface area (Å²) >= 11 is 5.89. The second-order valence-electron chi connectivity index (χ2n) is 7.57. The normalized spacial score (nSPS) is 13.8. The van der Waals surface area contributed by atoms with Crippen LogP contribution in [0.15, 0.2) is 48.5 Å². The number of nitrogens with one attached hydrogen (secondary N) is 1. The lowest BCUT2D eigenvalue weighted by molar-refractivity contribution is -0.128. The van der Waals surface area contributed by atoms with Gasteiger partial charge in [-0.3, -0.25) is 4.79 Å². The molecule has 0 radical (unpaired) electrons. The van der Waals surface area contributed by atoms with Crippen molar-refractivity contribution in [2.45, 2.75) is 58.6 Å². The van der Waals surface area contributed by atoms with Crippen LogP contribution in [0.1, 0.15) is 58.2 Å². The van der Waals surface area contributed by atoms with E-state index in [1.54, 1.807) is 24.3 Å². The van der Waals surface area contributed by atoms with Crippen molar-refractivity contribution in [3.8, 4) is 5.75 Å². The molecular weight excluding hydrogens is 346 g/mol. The molecule has 0 bridgehead atoms. The van der Waals surface area contributed by atoms with E-state index in [1.165, 1.54) is 5.56 Å². The molecule has 0 aliphatic rings. The van der Waals surface area contributed by atoms with Gasteiger partial charge in [-0.2, -0.15) is 0 Å². The molecule has 1 N–H and O–H groups in total. The van der Waals surface area contributed by atoms with Crippen molar-refractivity contribution in [3.63, 3.8) is 0 Å². The fourth-order valence-electron chi connectivity index (χ4n) is 2.66. The van der Waals surface area contributed by atoms with Gasteiger partial charge < -0.3 is 10.1 Å². The minimum absolute atomic E-state index is 0.0839. The molecule has 3 nitrogen and oxygen atoms in total. The van der Waals surface area contributed by atoms with Gasteiger partial charge in [0, 0.05) is 5.02 Å². The highest BCUT2D eigenvalue weighted by atomic mass is 35.5. The Hall–Kier alpha value is -2.00. The highest BCUT2D eigenvalue weighted by Crippen LogP contribution is 2.24. The largest absolute Gasteiger partial charge is 0.481 e. The lowest BCUT2D eigenvalue weighted by atomic mass is 9.86. The number of carbonyl (C=O) groups is 1. The van der Waals surface area contributed by atoms with Crippen LogP contribution in [0.3, 0.4) is 0 Å². The van der Waals surface area contributed by atoms with E-state index in [0.717, 1.165) is 5.56 Å². The minimum Gasteiger partial charge on any atom is -0.481 e. The van der Waals surface area contributed by atoms with Crippen molar-refractivity contribution in [2.24, 2.45) is 0 Å². The molecule has 2 aromatic carbocycles. The Morgan fingerprint density at radius 2 is 1.65 bits per heavy atom. The SMILES string of the molecule is CCC(Oc1ccc(Cl)cc1)C(=O)NC(C)c1ccc(C(C)(C)C)cc1. The van der Waals surface area contributed by atoms with Gasteiger partial charge in [-0.25, -0.2) is 0 Å². The quantitative estimate of drug-likeness (QED) is 0.708. The van der Waals surface area contributed by atoms with Crippen LogP contribution in [0, 0.1) is 0 Å². The van der Waals surface area contributed by atoms with Crippen LogP contribution in [0.2, 0.25) is 5.02 Å². The molecule has 0 saturated heterocycles. The van der Waals surface area contributed by atoms with Crippen molar-refractivity contribution >= 4 is 17.5 Å². The van der Waals surface area contributed by atoms with E-state index >= 15 is 0 Å². The van der Waals surface area contributed by atoms with Gasteiger partial charge in [-0.05, 0) is 54.2 Å². The van der Waals surface area contributed by atoms with Crippen LogP contribution < -0.4 is 10.1 Å². The van der Waals surface area contributed by atoms with Crippen LogP contribution in [0.4, 0.5) is 0 Å². The first-order valence-corrected chi connectivity index (χ1v) is 9.41. The minimum atomic E-state index is -0.535. The van der Waals surface area contributed by atoms with E-state index in [4.69, 9.17) is 16.3 Å². The first-order chi connectivity index (χ1) is 12.2. The van der Waals surface area contributed by atoms with Crippen LogP contribution in [-0.4, -0.2) is 12.0 Å². The Morgan fingerprint density at radius 3 is 2.15 bits per heavy atom. The molecule has 26 heavy (non-hydrogen) atoms. The summed E-state index contributed by atoms with van der Waals surface area (Å²) in [7, 11) is 0. The van der Waals surface area contributed by atoms with Crippen LogP contribution in [-0.2, 0) is 10.2 Å². The fraction of sp³-hybridized carbons (Fsp3) is 0.409. The fourth-order valence-corrected chi connectivity index (χ4v) is 2.79. The number of hydrogen-bond acceptors (Lipinski definition) is 2. The molecule has 2 rings (SSSR count). The molecule has 0 aliphatic carbocycles. The highest BCUT2D eigenvalue weighted by Gasteiger charge is 2.21. The van der Waals surface area contributed by atoms with Gasteiger partial charge in [0.2, 0.25) is 0 Å². The summed E-state index contributed by atoms with van der Waals surface area (Å²) in [5.41, 5.74) is 2.47. The molecule has 0 spiro atoms. The number of amides is 1. The zero-order valence-electron chi connectivity index (χ0n) is 16.2. The summed E-state index contributed by atoms with van der Waals surface area (Å²) in [5.74, 6) is 0.522. The van der Waals surface area contributed by atoms with Gasteiger partial charge in [0.05, 0.1) is 6.04 Å². The lowest BCUT2D eigenvalue weighted by Gasteiger charge is -2.22. The van der Waals surface area contributed by atoms with E-state index < -0.39 is 6.10 Å². The summed E-state index contributed by atoms with van der Waals surface area (Å²) in [4.78, 5) is 12.6. The molecule has 0 heterocycles. The summed E-state index contributed by atoms with van der Waals surface area (Å²) in [6, 6.07) is 15.4. The summed E-state index contributed by atoms with van der Waals surface area (Å²) in [6.07, 6.45) is 0.0527. The maximum absolute atomic E-state index is 12.6. The van der Waals surface area contributed by atoms with E-state index in [2.05, 4.69) is 50.4 Å². The Kier molecular flexibility index (Phi) is 6.71. The third kappa shape index (κ3) is 5.50. The Labute approximate surface area is 161 Å². The topological polar surface area (TPSA) is 38.3 Å². The monoisotopic (exact) mass is 373 g/mol. The predicted octanol–water partition coefficient (Wildman–Crippen LogP) is 5.67. The van der Waals surface area contributed by atoms with E-state index in [1.807, 2.05) is 13.8 Å². The van der Waals surface area contributed by atoms with Gasteiger partial charge in [0.25, 0.3) is 5.91 Å². The van der Waals surface area contributed by atoms with Crippen molar-refractivity contribution in [2.75, 3.05) is 0 Å². The Morgan fingerprint density at radius 1 is 1.08 bits per heavy atom. The van der Waals surface area contributed by atoms with Gasteiger partial charge >= 0.3 is 0 Å². The molecule has 2 unspecified atom stereocenters. The number of ether oxygens (including phenoxy) is 1.